The van der Waals surface area contributed by atoms with E-state index in [1.165, 1.54) is 0 Å². The van der Waals surface area contributed by atoms with E-state index in [0.717, 1.165) is 36.3 Å². The number of carbonyl (C=O) groups is 1. The summed E-state index contributed by atoms with van der Waals surface area (Å²) in [7, 11) is 0. The Hall–Kier alpha value is -1.56. The summed E-state index contributed by atoms with van der Waals surface area (Å²) >= 11 is 0. The second-order valence-electron chi connectivity index (χ2n) is 6.03. The van der Waals surface area contributed by atoms with Gasteiger partial charge >= 0.3 is 0 Å². The van der Waals surface area contributed by atoms with Crippen molar-refractivity contribution in [1.29, 1.82) is 0 Å². The number of carbonyl (C=O) groups excluding carboxylic acids is 1. The number of hydrogen-bond acceptors (Lipinski definition) is 4. The van der Waals surface area contributed by atoms with Gasteiger partial charge in [-0.3, -0.25) is 4.79 Å². The molecular formula is C19H29Cl2N3O2. The molecule has 2 aromatic rings. The number of oxazole rings is 1. The average Bonchev–Trinajstić information content (AvgIpc) is 2.98. The van der Waals surface area contributed by atoms with E-state index >= 15 is 0 Å². The molecule has 1 aromatic heterocycles. The first-order valence-corrected chi connectivity index (χ1v) is 8.65. The molecule has 0 aliphatic heterocycles. The molecule has 0 fully saturated rings. The number of halogens is 2. The van der Waals surface area contributed by atoms with Crippen LogP contribution in [0.1, 0.15) is 44.2 Å². The van der Waals surface area contributed by atoms with E-state index in [1.807, 2.05) is 37.3 Å². The Morgan fingerprint density at radius 2 is 1.96 bits per heavy atom. The van der Waals surface area contributed by atoms with Gasteiger partial charge in [-0.1, -0.05) is 50.1 Å². The second-order valence-corrected chi connectivity index (χ2v) is 6.03. The lowest BCUT2D eigenvalue weighted by Crippen LogP contribution is -2.40. The van der Waals surface area contributed by atoms with Crippen molar-refractivity contribution in [3.63, 3.8) is 0 Å². The molecule has 0 aliphatic carbocycles. The van der Waals surface area contributed by atoms with Crippen molar-refractivity contribution in [3.05, 3.63) is 41.9 Å². The minimum atomic E-state index is -0.00123. The van der Waals surface area contributed by atoms with Crippen molar-refractivity contribution >= 4 is 30.7 Å². The Kier molecular flexibility index (Phi) is 12.0. The summed E-state index contributed by atoms with van der Waals surface area (Å²) in [4.78, 5) is 16.5. The Morgan fingerprint density at radius 1 is 1.27 bits per heavy atom. The Labute approximate surface area is 168 Å². The molecule has 0 aliphatic rings. The molecule has 2 rings (SSSR count). The van der Waals surface area contributed by atoms with Gasteiger partial charge in [-0.05, 0) is 13.3 Å². The summed E-state index contributed by atoms with van der Waals surface area (Å²) in [5.41, 5.74) is 7.56. The quantitative estimate of drug-likeness (QED) is 0.663. The fourth-order valence-electron chi connectivity index (χ4n) is 2.64. The molecule has 3 N–H and O–H groups in total. The van der Waals surface area contributed by atoms with Crippen molar-refractivity contribution in [1.82, 2.24) is 10.3 Å². The number of benzene rings is 1. The molecule has 26 heavy (non-hydrogen) atoms. The van der Waals surface area contributed by atoms with E-state index in [2.05, 4.69) is 17.2 Å². The van der Waals surface area contributed by atoms with Gasteiger partial charge in [-0.25, -0.2) is 4.98 Å². The van der Waals surface area contributed by atoms with Gasteiger partial charge in [-0.2, -0.15) is 0 Å². The van der Waals surface area contributed by atoms with Crippen LogP contribution in [-0.4, -0.2) is 23.5 Å². The van der Waals surface area contributed by atoms with E-state index < -0.39 is 0 Å². The summed E-state index contributed by atoms with van der Waals surface area (Å²) in [5, 5.41) is 2.99. The first-order chi connectivity index (χ1) is 11.6. The number of nitrogens with zero attached hydrogens (tertiary/aromatic N) is 1. The van der Waals surface area contributed by atoms with Crippen LogP contribution < -0.4 is 11.1 Å². The lowest BCUT2D eigenvalue weighted by Gasteiger charge is -2.16. The highest BCUT2D eigenvalue weighted by molar-refractivity contribution is 5.85. The number of unbranched alkanes of at least 4 members (excludes halogenated alkanes) is 1. The summed E-state index contributed by atoms with van der Waals surface area (Å²) in [6, 6.07) is 9.94. The minimum absolute atomic E-state index is 0. The van der Waals surface area contributed by atoms with Gasteiger partial charge in [-0.15, -0.1) is 24.8 Å². The van der Waals surface area contributed by atoms with E-state index in [9.17, 15) is 4.79 Å². The van der Waals surface area contributed by atoms with E-state index in [4.69, 9.17) is 10.2 Å². The normalized spacial score (nSPS) is 11.2. The van der Waals surface area contributed by atoms with Gasteiger partial charge in [0.15, 0.2) is 11.7 Å². The monoisotopic (exact) mass is 401 g/mol. The lowest BCUT2D eigenvalue weighted by atomic mass is 10.1. The number of hydrogen-bond donors (Lipinski definition) is 2. The Morgan fingerprint density at radius 3 is 2.58 bits per heavy atom. The number of rotatable bonds is 9. The summed E-state index contributed by atoms with van der Waals surface area (Å²) in [6.45, 7) is 4.53. The highest BCUT2D eigenvalue weighted by atomic mass is 35.5. The molecular weight excluding hydrogens is 373 g/mol. The number of aryl methyl sites for hydroxylation is 2. The molecule has 0 saturated carbocycles. The van der Waals surface area contributed by atoms with E-state index in [-0.39, 0.29) is 36.8 Å². The van der Waals surface area contributed by atoms with Gasteiger partial charge in [0.1, 0.15) is 0 Å². The third-order valence-corrected chi connectivity index (χ3v) is 4.00. The number of nitrogens with two attached hydrogens (primary N) is 1. The topological polar surface area (TPSA) is 81.1 Å². The molecule has 0 bridgehead atoms. The Balaban J connectivity index is 0.00000312. The van der Waals surface area contributed by atoms with Crippen molar-refractivity contribution in [2.24, 2.45) is 5.73 Å². The highest BCUT2D eigenvalue weighted by Crippen LogP contribution is 2.24. The molecule has 0 spiro atoms. The van der Waals surface area contributed by atoms with Crippen LogP contribution in [0.3, 0.4) is 0 Å². The third-order valence-electron chi connectivity index (χ3n) is 4.00. The predicted octanol–water partition coefficient (Wildman–Crippen LogP) is 4.06. The lowest BCUT2D eigenvalue weighted by molar-refractivity contribution is -0.121. The number of amides is 1. The molecule has 1 aromatic carbocycles. The van der Waals surface area contributed by atoms with E-state index in [0.29, 0.717) is 25.3 Å². The second kappa shape index (κ2) is 12.7. The fourth-order valence-corrected chi connectivity index (χ4v) is 2.64. The molecule has 146 valence electrons. The molecule has 0 saturated heterocycles. The summed E-state index contributed by atoms with van der Waals surface area (Å²) in [5.74, 6) is 1.37. The van der Waals surface area contributed by atoms with E-state index in [1.54, 1.807) is 0 Å². The zero-order chi connectivity index (χ0) is 17.4. The first kappa shape index (κ1) is 24.4. The van der Waals surface area contributed by atoms with Crippen LogP contribution in [0, 0.1) is 6.92 Å². The first-order valence-electron chi connectivity index (χ1n) is 8.65. The van der Waals surface area contributed by atoms with Gasteiger partial charge in [0.05, 0.1) is 5.69 Å². The van der Waals surface area contributed by atoms with Crippen molar-refractivity contribution in [2.45, 2.75) is 52.0 Å². The predicted molar refractivity (Wildman–Crippen MR) is 110 cm³/mol. The Bertz CT molecular complexity index is 647. The SMILES string of the molecule is CCCCC(CN)NC(=O)CCc1nc(C)c(-c2ccccc2)o1.Cl.Cl. The molecule has 1 amide bonds. The minimum Gasteiger partial charge on any atom is -0.440 e. The van der Waals surface area contributed by atoms with Gasteiger partial charge < -0.3 is 15.5 Å². The molecule has 7 heteroatoms. The largest absolute Gasteiger partial charge is 0.440 e. The van der Waals surface area contributed by atoms with Gasteiger partial charge in [0, 0.05) is 31.0 Å². The summed E-state index contributed by atoms with van der Waals surface area (Å²) < 4.78 is 5.83. The molecule has 1 heterocycles. The van der Waals surface area contributed by atoms with Crippen LogP contribution in [-0.2, 0) is 11.2 Å². The van der Waals surface area contributed by atoms with Crippen LogP contribution >= 0.6 is 24.8 Å². The van der Waals surface area contributed by atoms with Crippen molar-refractivity contribution in [2.75, 3.05) is 6.54 Å². The molecule has 5 nitrogen and oxygen atoms in total. The van der Waals surface area contributed by atoms with Crippen LogP contribution in [0.15, 0.2) is 34.7 Å². The molecule has 1 unspecified atom stereocenters. The maximum Gasteiger partial charge on any atom is 0.220 e. The van der Waals surface area contributed by atoms with Crippen LogP contribution in [0.5, 0.6) is 0 Å². The number of aromatic nitrogens is 1. The third kappa shape index (κ3) is 7.36. The zero-order valence-corrected chi connectivity index (χ0v) is 17.0. The van der Waals surface area contributed by atoms with Crippen molar-refractivity contribution in [3.8, 4) is 11.3 Å². The standard InChI is InChI=1S/C19H27N3O2.2ClH/c1-3-4-10-16(13-20)22-17(23)11-12-18-21-14(2)19(24-18)15-8-6-5-7-9-15;;/h5-9,16H,3-4,10-13,20H2,1-2H3,(H,22,23);2*1H. The maximum atomic E-state index is 12.1. The number of nitrogens with one attached hydrogen (secondary N) is 1. The zero-order valence-electron chi connectivity index (χ0n) is 15.4. The molecule has 0 radical (unpaired) electrons. The smallest absolute Gasteiger partial charge is 0.220 e. The van der Waals surface area contributed by atoms with Crippen LogP contribution in [0.4, 0.5) is 0 Å². The summed E-state index contributed by atoms with van der Waals surface area (Å²) in [6.07, 6.45) is 3.95. The highest BCUT2D eigenvalue weighted by Gasteiger charge is 2.14. The molecule has 1 atom stereocenters. The van der Waals surface area contributed by atoms with Gasteiger partial charge in [0.25, 0.3) is 0 Å². The van der Waals surface area contributed by atoms with Crippen molar-refractivity contribution < 1.29 is 9.21 Å². The van der Waals surface area contributed by atoms with Crippen LogP contribution in [0.2, 0.25) is 0 Å². The fraction of sp³-hybridized carbons (Fsp3) is 0.474. The van der Waals surface area contributed by atoms with Gasteiger partial charge in [0.2, 0.25) is 5.91 Å². The maximum absolute atomic E-state index is 12.1. The van der Waals surface area contributed by atoms with Crippen LogP contribution in [0.25, 0.3) is 11.3 Å². The average molecular weight is 402 g/mol.